The lowest BCUT2D eigenvalue weighted by Crippen LogP contribution is -2.34. The van der Waals surface area contributed by atoms with E-state index in [9.17, 15) is 5.11 Å². The van der Waals surface area contributed by atoms with Gasteiger partial charge >= 0.3 is 0 Å². The van der Waals surface area contributed by atoms with Crippen molar-refractivity contribution in [2.24, 2.45) is 5.73 Å². The topological polar surface area (TPSA) is 64.7 Å². The van der Waals surface area contributed by atoms with Gasteiger partial charge in [-0.25, -0.2) is 0 Å². The van der Waals surface area contributed by atoms with Gasteiger partial charge in [0.1, 0.15) is 13.2 Å². The van der Waals surface area contributed by atoms with Crippen molar-refractivity contribution in [2.45, 2.75) is 44.8 Å². The molecule has 0 fully saturated rings. The summed E-state index contributed by atoms with van der Waals surface area (Å²) in [4.78, 5) is 0. The Balaban J connectivity index is 2.15. The van der Waals surface area contributed by atoms with E-state index in [0.717, 1.165) is 17.7 Å². The molecule has 0 aliphatic carbocycles. The molecule has 4 nitrogen and oxygen atoms in total. The molecule has 0 amide bonds. The second-order valence-corrected chi connectivity index (χ2v) is 5.70. The van der Waals surface area contributed by atoms with E-state index in [0.29, 0.717) is 30.4 Å². The first kappa shape index (κ1) is 15.4. The summed E-state index contributed by atoms with van der Waals surface area (Å²) in [5.74, 6) is 1.51. The number of fused-ring (bicyclic) bond motifs is 1. The van der Waals surface area contributed by atoms with E-state index >= 15 is 0 Å². The maximum Gasteiger partial charge on any atom is 0.162 e. The highest BCUT2D eigenvalue weighted by atomic mass is 35.5. The van der Waals surface area contributed by atoms with Gasteiger partial charge in [0.25, 0.3) is 0 Å². The number of rotatable bonds is 5. The van der Waals surface area contributed by atoms with Crippen molar-refractivity contribution < 1.29 is 14.6 Å². The van der Waals surface area contributed by atoms with Crippen LogP contribution >= 0.6 is 11.6 Å². The van der Waals surface area contributed by atoms with Crippen molar-refractivity contribution in [3.05, 3.63) is 22.7 Å². The van der Waals surface area contributed by atoms with Crippen molar-refractivity contribution in [2.75, 3.05) is 13.2 Å². The lowest BCUT2D eigenvalue weighted by molar-refractivity contribution is 0.126. The van der Waals surface area contributed by atoms with Crippen LogP contribution < -0.4 is 15.2 Å². The average molecular weight is 300 g/mol. The molecule has 0 spiro atoms. The third-order valence-electron chi connectivity index (χ3n) is 3.75. The fourth-order valence-electron chi connectivity index (χ4n) is 2.39. The van der Waals surface area contributed by atoms with E-state index in [1.54, 1.807) is 6.07 Å². The number of hydrogen-bond acceptors (Lipinski definition) is 4. The minimum atomic E-state index is -0.528. The van der Waals surface area contributed by atoms with E-state index in [1.807, 2.05) is 19.9 Å². The molecule has 1 aliphatic rings. The van der Waals surface area contributed by atoms with Crippen LogP contribution in [0.2, 0.25) is 5.02 Å². The highest BCUT2D eigenvalue weighted by Crippen LogP contribution is 2.39. The summed E-state index contributed by atoms with van der Waals surface area (Å²) >= 11 is 6.30. The SMILES string of the molecule is CCC(N)C(O)CC(C)c1cc2c(cc1Cl)OCCO2. The van der Waals surface area contributed by atoms with Crippen molar-refractivity contribution in [3.63, 3.8) is 0 Å². The minimum Gasteiger partial charge on any atom is -0.486 e. The summed E-state index contributed by atoms with van der Waals surface area (Å²) in [7, 11) is 0. The summed E-state index contributed by atoms with van der Waals surface area (Å²) < 4.78 is 11.1. The molecular formula is C15H22ClNO3. The Morgan fingerprint density at radius 3 is 2.50 bits per heavy atom. The van der Waals surface area contributed by atoms with Crippen LogP contribution in [0.25, 0.3) is 0 Å². The molecule has 0 saturated carbocycles. The minimum absolute atomic E-state index is 0.103. The Hall–Kier alpha value is -0.970. The largest absolute Gasteiger partial charge is 0.486 e. The summed E-state index contributed by atoms with van der Waals surface area (Å²) in [6.07, 6.45) is 0.802. The second kappa shape index (κ2) is 6.66. The smallest absolute Gasteiger partial charge is 0.162 e. The Morgan fingerprint density at radius 1 is 1.30 bits per heavy atom. The first-order valence-electron chi connectivity index (χ1n) is 7.05. The van der Waals surface area contributed by atoms with Gasteiger partial charge in [-0.1, -0.05) is 25.4 Å². The maximum atomic E-state index is 10.1. The van der Waals surface area contributed by atoms with E-state index in [-0.39, 0.29) is 12.0 Å². The fraction of sp³-hybridized carbons (Fsp3) is 0.600. The predicted molar refractivity (Wildman–Crippen MR) is 79.7 cm³/mol. The molecule has 0 saturated heterocycles. The van der Waals surface area contributed by atoms with Crippen LogP contribution in [0, 0.1) is 0 Å². The molecule has 5 heteroatoms. The highest BCUT2D eigenvalue weighted by molar-refractivity contribution is 6.31. The normalized spacial score (nSPS) is 18.4. The van der Waals surface area contributed by atoms with Gasteiger partial charge in [-0.2, -0.15) is 0 Å². The second-order valence-electron chi connectivity index (χ2n) is 5.29. The van der Waals surface area contributed by atoms with Gasteiger partial charge in [0, 0.05) is 17.1 Å². The van der Waals surface area contributed by atoms with Crippen LogP contribution in [-0.2, 0) is 0 Å². The molecule has 2 rings (SSSR count). The molecule has 0 aromatic heterocycles. The molecule has 3 N–H and O–H groups in total. The number of hydrogen-bond donors (Lipinski definition) is 2. The van der Waals surface area contributed by atoms with Crippen LogP contribution in [0.15, 0.2) is 12.1 Å². The van der Waals surface area contributed by atoms with E-state index < -0.39 is 6.10 Å². The maximum absolute atomic E-state index is 10.1. The number of ether oxygens (including phenoxy) is 2. The van der Waals surface area contributed by atoms with Crippen molar-refractivity contribution in [3.8, 4) is 11.5 Å². The number of nitrogens with two attached hydrogens (primary N) is 1. The van der Waals surface area contributed by atoms with Gasteiger partial charge in [-0.15, -0.1) is 0 Å². The van der Waals surface area contributed by atoms with Crippen LogP contribution in [0.1, 0.15) is 38.2 Å². The van der Waals surface area contributed by atoms with Gasteiger partial charge in [0.2, 0.25) is 0 Å². The molecule has 1 aromatic rings. The summed E-state index contributed by atoms with van der Waals surface area (Å²) in [5.41, 5.74) is 6.82. The molecule has 0 bridgehead atoms. The lowest BCUT2D eigenvalue weighted by atomic mass is 9.91. The summed E-state index contributed by atoms with van der Waals surface area (Å²) in [6, 6.07) is 3.49. The number of aliphatic hydroxyl groups is 1. The predicted octanol–water partition coefficient (Wildman–Crippen LogP) is 2.70. The van der Waals surface area contributed by atoms with Gasteiger partial charge in [-0.3, -0.25) is 0 Å². The standard InChI is InChI=1S/C15H22ClNO3/c1-3-12(17)13(18)6-9(2)10-7-14-15(8-11(10)16)20-5-4-19-14/h7-9,12-13,18H,3-6,17H2,1-2H3. The number of benzene rings is 1. The van der Waals surface area contributed by atoms with Crippen LogP contribution in [0.3, 0.4) is 0 Å². The Labute approximate surface area is 124 Å². The fourth-order valence-corrected chi connectivity index (χ4v) is 2.73. The Kier molecular flexibility index (Phi) is 5.13. The molecule has 3 unspecified atom stereocenters. The van der Waals surface area contributed by atoms with Gasteiger partial charge in [-0.05, 0) is 30.4 Å². The van der Waals surface area contributed by atoms with Crippen molar-refractivity contribution >= 4 is 11.6 Å². The highest BCUT2D eigenvalue weighted by Gasteiger charge is 2.22. The molecule has 20 heavy (non-hydrogen) atoms. The van der Waals surface area contributed by atoms with Crippen LogP contribution in [-0.4, -0.2) is 30.5 Å². The molecule has 1 aliphatic heterocycles. The van der Waals surface area contributed by atoms with Gasteiger partial charge < -0.3 is 20.3 Å². The molecule has 1 aromatic carbocycles. The van der Waals surface area contributed by atoms with Crippen molar-refractivity contribution in [1.29, 1.82) is 0 Å². The van der Waals surface area contributed by atoms with Gasteiger partial charge in [0.15, 0.2) is 11.5 Å². The first-order valence-corrected chi connectivity index (χ1v) is 7.43. The third kappa shape index (κ3) is 3.37. The van der Waals surface area contributed by atoms with E-state index in [2.05, 4.69) is 0 Å². The molecule has 1 heterocycles. The average Bonchev–Trinajstić information content (AvgIpc) is 2.45. The quantitative estimate of drug-likeness (QED) is 0.877. The van der Waals surface area contributed by atoms with Crippen molar-refractivity contribution in [1.82, 2.24) is 0 Å². The number of halogens is 1. The molecule has 3 atom stereocenters. The lowest BCUT2D eigenvalue weighted by Gasteiger charge is -2.24. The molecule has 112 valence electrons. The van der Waals surface area contributed by atoms with Gasteiger partial charge in [0.05, 0.1) is 6.10 Å². The Bertz CT molecular complexity index is 467. The third-order valence-corrected chi connectivity index (χ3v) is 4.08. The van der Waals surface area contributed by atoms with Crippen LogP contribution in [0.4, 0.5) is 0 Å². The molecule has 0 radical (unpaired) electrons. The zero-order valence-electron chi connectivity index (χ0n) is 11.9. The first-order chi connectivity index (χ1) is 9.52. The monoisotopic (exact) mass is 299 g/mol. The summed E-state index contributed by atoms with van der Waals surface area (Å²) in [5, 5.41) is 10.7. The Morgan fingerprint density at radius 2 is 1.90 bits per heavy atom. The molecular weight excluding hydrogens is 278 g/mol. The van der Waals surface area contributed by atoms with E-state index in [1.165, 1.54) is 0 Å². The van der Waals surface area contributed by atoms with E-state index in [4.69, 9.17) is 26.8 Å². The zero-order valence-corrected chi connectivity index (χ0v) is 12.7. The summed E-state index contributed by atoms with van der Waals surface area (Å²) in [6.45, 7) is 5.09. The van der Waals surface area contributed by atoms with Crippen LogP contribution in [0.5, 0.6) is 11.5 Å². The number of aliphatic hydroxyl groups excluding tert-OH is 1. The zero-order chi connectivity index (χ0) is 14.7.